The number of amides is 2. The van der Waals surface area contributed by atoms with Crippen molar-refractivity contribution < 1.29 is 28.7 Å². The molecule has 1 fully saturated rings. The summed E-state index contributed by atoms with van der Waals surface area (Å²) in [7, 11) is 0. The van der Waals surface area contributed by atoms with Crippen LogP contribution >= 0.6 is 0 Å². The molecule has 0 saturated carbocycles. The molecule has 0 spiro atoms. The van der Waals surface area contributed by atoms with E-state index in [2.05, 4.69) is 10.6 Å². The molecule has 124 valence electrons. The fraction of sp³-hybridized carbons (Fsp3) is 0.714. The van der Waals surface area contributed by atoms with Crippen LogP contribution in [-0.4, -0.2) is 49.1 Å². The normalized spacial score (nSPS) is 20.8. The van der Waals surface area contributed by atoms with E-state index in [1.807, 2.05) is 0 Å². The summed E-state index contributed by atoms with van der Waals surface area (Å²) in [5, 5.41) is 5.15. The van der Waals surface area contributed by atoms with Crippen molar-refractivity contribution in [2.75, 3.05) is 13.2 Å². The number of carbonyl (C=O) groups excluding carboxylic acids is 4. The number of ether oxygens (including phenoxy) is 2. The van der Waals surface area contributed by atoms with Gasteiger partial charge < -0.3 is 20.1 Å². The Morgan fingerprint density at radius 1 is 0.864 bits per heavy atom. The van der Waals surface area contributed by atoms with Gasteiger partial charge in [0.2, 0.25) is 11.8 Å². The van der Waals surface area contributed by atoms with Crippen molar-refractivity contribution in [1.29, 1.82) is 0 Å². The van der Waals surface area contributed by atoms with Crippen LogP contribution in [0.2, 0.25) is 0 Å². The standard InChI is InChI=1S/C14H22N2O6/c1-3-11(17)21-7-5-9-13(19)16-10(14(20)15-9)6-8-22-12(18)4-2/h9-10H,3-8H2,1-2H3,(H,15,20)(H,16,19)/t9-,10-/m1/s1. The first kappa shape index (κ1) is 17.9. The lowest BCUT2D eigenvalue weighted by Crippen LogP contribution is -2.62. The minimum Gasteiger partial charge on any atom is -0.466 e. The topological polar surface area (TPSA) is 111 Å². The third-order valence-corrected chi connectivity index (χ3v) is 3.18. The Morgan fingerprint density at radius 3 is 1.55 bits per heavy atom. The number of esters is 2. The predicted octanol–water partition coefficient (Wildman–Crippen LogP) is -0.344. The fourth-order valence-electron chi connectivity index (χ4n) is 1.87. The van der Waals surface area contributed by atoms with Gasteiger partial charge in [-0.05, 0) is 0 Å². The molecule has 1 saturated heterocycles. The van der Waals surface area contributed by atoms with Crippen molar-refractivity contribution in [1.82, 2.24) is 10.6 Å². The van der Waals surface area contributed by atoms with E-state index in [1.54, 1.807) is 13.8 Å². The van der Waals surface area contributed by atoms with Crippen molar-refractivity contribution in [2.24, 2.45) is 0 Å². The second-order valence-corrected chi connectivity index (χ2v) is 4.85. The maximum absolute atomic E-state index is 11.9. The van der Waals surface area contributed by atoms with Gasteiger partial charge in [-0.15, -0.1) is 0 Å². The number of hydrogen-bond donors (Lipinski definition) is 2. The molecule has 0 aromatic rings. The Balaban J connectivity index is 2.34. The van der Waals surface area contributed by atoms with Gasteiger partial charge >= 0.3 is 11.9 Å². The molecule has 1 heterocycles. The highest BCUT2D eigenvalue weighted by molar-refractivity contribution is 5.96. The third kappa shape index (κ3) is 5.71. The van der Waals surface area contributed by atoms with E-state index < -0.39 is 12.1 Å². The van der Waals surface area contributed by atoms with Gasteiger partial charge in [0.25, 0.3) is 0 Å². The largest absolute Gasteiger partial charge is 0.466 e. The van der Waals surface area contributed by atoms with E-state index in [0.29, 0.717) is 0 Å². The number of rotatable bonds is 8. The van der Waals surface area contributed by atoms with Crippen molar-refractivity contribution in [2.45, 2.75) is 51.6 Å². The average molecular weight is 314 g/mol. The Hall–Kier alpha value is -2.12. The molecular formula is C14H22N2O6. The van der Waals surface area contributed by atoms with Gasteiger partial charge in [-0.1, -0.05) is 13.8 Å². The molecule has 1 aliphatic heterocycles. The van der Waals surface area contributed by atoms with E-state index in [4.69, 9.17) is 9.47 Å². The first-order valence-corrected chi connectivity index (χ1v) is 7.39. The molecule has 8 heteroatoms. The molecule has 0 bridgehead atoms. The average Bonchev–Trinajstić information content (AvgIpc) is 2.50. The lowest BCUT2D eigenvalue weighted by atomic mass is 10.1. The Morgan fingerprint density at radius 2 is 1.23 bits per heavy atom. The van der Waals surface area contributed by atoms with Crippen LogP contribution < -0.4 is 10.6 Å². The minimum absolute atomic E-state index is 0.0732. The summed E-state index contributed by atoms with van der Waals surface area (Å²) in [4.78, 5) is 45.7. The zero-order valence-corrected chi connectivity index (χ0v) is 12.8. The molecule has 1 rings (SSSR count). The maximum atomic E-state index is 11.9. The fourth-order valence-corrected chi connectivity index (χ4v) is 1.87. The van der Waals surface area contributed by atoms with Gasteiger partial charge in [0, 0.05) is 25.7 Å². The molecule has 8 nitrogen and oxygen atoms in total. The smallest absolute Gasteiger partial charge is 0.305 e. The Bertz CT molecular complexity index is 397. The lowest BCUT2D eigenvalue weighted by Gasteiger charge is -2.29. The summed E-state index contributed by atoms with van der Waals surface area (Å²) >= 11 is 0. The second-order valence-electron chi connectivity index (χ2n) is 4.85. The first-order valence-electron chi connectivity index (χ1n) is 7.39. The van der Waals surface area contributed by atoms with Crippen LogP contribution in [0.3, 0.4) is 0 Å². The van der Waals surface area contributed by atoms with Crippen LogP contribution in [0.5, 0.6) is 0 Å². The number of hydrogen-bond acceptors (Lipinski definition) is 6. The van der Waals surface area contributed by atoms with E-state index >= 15 is 0 Å². The van der Waals surface area contributed by atoms with Crippen LogP contribution in [-0.2, 0) is 28.7 Å². The molecular weight excluding hydrogens is 292 g/mol. The van der Waals surface area contributed by atoms with Gasteiger partial charge in [0.05, 0.1) is 13.2 Å². The lowest BCUT2D eigenvalue weighted by molar-refractivity contribution is -0.146. The number of carbonyl (C=O) groups is 4. The Labute approximate surface area is 128 Å². The monoisotopic (exact) mass is 314 g/mol. The van der Waals surface area contributed by atoms with Gasteiger partial charge in [-0.3, -0.25) is 19.2 Å². The van der Waals surface area contributed by atoms with Crippen LogP contribution in [0.15, 0.2) is 0 Å². The molecule has 2 amide bonds. The molecule has 0 aromatic carbocycles. The molecule has 1 aliphatic rings. The Kier molecular flexibility index (Phi) is 7.34. The second kappa shape index (κ2) is 9.01. The maximum Gasteiger partial charge on any atom is 0.305 e. The summed E-state index contributed by atoms with van der Waals surface area (Å²) < 4.78 is 9.76. The van der Waals surface area contributed by atoms with Gasteiger partial charge in [-0.25, -0.2) is 0 Å². The van der Waals surface area contributed by atoms with E-state index in [-0.39, 0.29) is 62.7 Å². The van der Waals surface area contributed by atoms with Gasteiger partial charge in [-0.2, -0.15) is 0 Å². The predicted molar refractivity (Wildman–Crippen MR) is 75.6 cm³/mol. The summed E-state index contributed by atoms with van der Waals surface area (Å²) in [5.41, 5.74) is 0. The van der Waals surface area contributed by atoms with E-state index in [9.17, 15) is 19.2 Å². The molecule has 0 radical (unpaired) electrons. The zero-order valence-electron chi connectivity index (χ0n) is 12.8. The summed E-state index contributed by atoms with van der Waals surface area (Å²) in [6.45, 7) is 3.49. The third-order valence-electron chi connectivity index (χ3n) is 3.18. The van der Waals surface area contributed by atoms with Crippen LogP contribution in [0.25, 0.3) is 0 Å². The van der Waals surface area contributed by atoms with E-state index in [0.717, 1.165) is 0 Å². The van der Waals surface area contributed by atoms with Gasteiger partial charge in [0.1, 0.15) is 12.1 Å². The van der Waals surface area contributed by atoms with Crippen molar-refractivity contribution in [3.8, 4) is 0 Å². The SMILES string of the molecule is CCC(=O)OCC[C@H]1NC(=O)[C@@H](CCOC(=O)CC)NC1=O. The van der Waals surface area contributed by atoms with Crippen LogP contribution in [0, 0.1) is 0 Å². The summed E-state index contributed by atoms with van der Waals surface area (Å²) in [6, 6.07) is -1.43. The zero-order chi connectivity index (χ0) is 16.5. The highest BCUT2D eigenvalue weighted by atomic mass is 16.5. The molecule has 22 heavy (non-hydrogen) atoms. The molecule has 0 aliphatic carbocycles. The molecule has 2 atom stereocenters. The molecule has 2 N–H and O–H groups in total. The summed E-state index contributed by atoms with van der Waals surface area (Å²) in [6.07, 6.45) is 0.977. The highest BCUT2D eigenvalue weighted by Crippen LogP contribution is 2.05. The van der Waals surface area contributed by atoms with Crippen molar-refractivity contribution in [3.63, 3.8) is 0 Å². The van der Waals surface area contributed by atoms with Crippen molar-refractivity contribution >= 4 is 23.8 Å². The molecule has 0 aromatic heterocycles. The quantitative estimate of drug-likeness (QED) is 0.593. The number of nitrogens with one attached hydrogen (secondary N) is 2. The van der Waals surface area contributed by atoms with Crippen LogP contribution in [0.1, 0.15) is 39.5 Å². The first-order chi connectivity index (χ1) is 10.5. The molecule has 0 unspecified atom stereocenters. The number of piperazine rings is 1. The van der Waals surface area contributed by atoms with Crippen LogP contribution in [0.4, 0.5) is 0 Å². The highest BCUT2D eigenvalue weighted by Gasteiger charge is 2.33. The summed E-state index contributed by atoms with van der Waals surface area (Å²) in [5.74, 6) is -1.37. The minimum atomic E-state index is -0.716. The van der Waals surface area contributed by atoms with Crippen molar-refractivity contribution in [3.05, 3.63) is 0 Å². The van der Waals surface area contributed by atoms with Gasteiger partial charge in [0.15, 0.2) is 0 Å². The van der Waals surface area contributed by atoms with E-state index in [1.165, 1.54) is 0 Å².